The minimum Gasteiger partial charge on any atom is -0.491 e. The molecule has 1 aromatic carbocycles. The molecule has 3 unspecified atom stereocenters. The van der Waals surface area contributed by atoms with Crippen molar-refractivity contribution in [2.75, 3.05) is 39.5 Å². The Hall–Kier alpha value is -0.850. The van der Waals surface area contributed by atoms with Crippen molar-refractivity contribution < 1.29 is 19.3 Å². The quantitative estimate of drug-likeness (QED) is 0.660. The molecule has 1 N–H and O–H groups in total. The maximum atomic E-state index is 10.1. The standard InChI is InChI=1S/C20H33NO4.ClH/c1-15(2)18-5-7-20(8-6-18)24-10-9-23-14-19(22)13-21-11-16(3)25-17(4)12-21;/h5-8,15-17,19,22H,9-14H2,1-4H3;1H. The van der Waals surface area contributed by atoms with E-state index in [4.69, 9.17) is 14.2 Å². The van der Waals surface area contributed by atoms with Gasteiger partial charge in [0.05, 0.1) is 31.5 Å². The van der Waals surface area contributed by atoms with Crippen LogP contribution < -0.4 is 4.74 Å². The number of morpholine rings is 1. The number of aliphatic hydroxyl groups is 1. The van der Waals surface area contributed by atoms with Crippen LogP contribution in [0.15, 0.2) is 24.3 Å². The molecule has 0 radical (unpaired) electrons. The van der Waals surface area contributed by atoms with Gasteiger partial charge >= 0.3 is 0 Å². The third-order valence-electron chi connectivity index (χ3n) is 4.32. The topological polar surface area (TPSA) is 51.2 Å². The minimum absolute atomic E-state index is 0. The zero-order chi connectivity index (χ0) is 18.2. The molecule has 0 bridgehead atoms. The molecule has 0 aromatic heterocycles. The largest absolute Gasteiger partial charge is 0.491 e. The average molecular weight is 388 g/mol. The van der Waals surface area contributed by atoms with E-state index in [9.17, 15) is 5.11 Å². The van der Waals surface area contributed by atoms with Crippen LogP contribution in [0.25, 0.3) is 0 Å². The number of aliphatic hydroxyl groups excluding tert-OH is 1. The summed E-state index contributed by atoms with van der Waals surface area (Å²) >= 11 is 0. The van der Waals surface area contributed by atoms with Gasteiger partial charge in [-0.05, 0) is 37.5 Å². The summed E-state index contributed by atoms with van der Waals surface area (Å²) in [5.41, 5.74) is 1.30. The molecule has 0 aliphatic carbocycles. The molecule has 1 aromatic rings. The second-order valence-corrected chi connectivity index (χ2v) is 7.28. The third-order valence-corrected chi connectivity index (χ3v) is 4.32. The second-order valence-electron chi connectivity index (χ2n) is 7.28. The molecular formula is C20H34ClNO4. The van der Waals surface area contributed by atoms with Gasteiger partial charge in [-0.15, -0.1) is 12.4 Å². The summed E-state index contributed by atoms with van der Waals surface area (Å²) in [4.78, 5) is 2.24. The predicted octanol–water partition coefficient (Wildman–Crippen LogP) is 3.10. The Kier molecular flexibility index (Phi) is 10.5. The lowest BCUT2D eigenvalue weighted by Crippen LogP contribution is -2.48. The van der Waals surface area contributed by atoms with Crippen molar-refractivity contribution in [1.29, 1.82) is 0 Å². The van der Waals surface area contributed by atoms with Crippen LogP contribution in [0.5, 0.6) is 5.75 Å². The van der Waals surface area contributed by atoms with Crippen molar-refractivity contribution in [2.45, 2.75) is 51.9 Å². The monoisotopic (exact) mass is 387 g/mol. The SMILES string of the molecule is CC1CN(CC(O)COCCOc2ccc(C(C)C)cc2)CC(C)O1.Cl. The summed E-state index contributed by atoms with van der Waals surface area (Å²) in [5.74, 6) is 1.38. The van der Waals surface area contributed by atoms with Crippen LogP contribution in [0.4, 0.5) is 0 Å². The van der Waals surface area contributed by atoms with E-state index in [-0.39, 0.29) is 24.6 Å². The number of halogens is 1. The van der Waals surface area contributed by atoms with Gasteiger partial charge in [0.25, 0.3) is 0 Å². The highest BCUT2D eigenvalue weighted by atomic mass is 35.5. The van der Waals surface area contributed by atoms with Crippen LogP contribution in [-0.2, 0) is 9.47 Å². The number of hydrogen-bond acceptors (Lipinski definition) is 5. The highest BCUT2D eigenvalue weighted by Crippen LogP contribution is 2.18. The van der Waals surface area contributed by atoms with Gasteiger partial charge in [-0.3, -0.25) is 4.90 Å². The molecule has 5 nitrogen and oxygen atoms in total. The molecular weight excluding hydrogens is 354 g/mol. The molecule has 1 saturated heterocycles. The zero-order valence-corrected chi connectivity index (χ0v) is 17.2. The first-order valence-corrected chi connectivity index (χ1v) is 9.30. The Balaban J connectivity index is 0.00000338. The van der Waals surface area contributed by atoms with E-state index in [1.54, 1.807) is 0 Å². The molecule has 2 rings (SSSR count). The molecule has 0 saturated carbocycles. The summed E-state index contributed by atoms with van der Waals surface area (Å²) in [6.45, 7) is 12.1. The molecule has 6 heteroatoms. The van der Waals surface area contributed by atoms with Gasteiger partial charge in [-0.1, -0.05) is 26.0 Å². The summed E-state index contributed by atoms with van der Waals surface area (Å²) < 4.78 is 16.9. The van der Waals surface area contributed by atoms with Gasteiger partial charge in [0, 0.05) is 19.6 Å². The Morgan fingerprint density at radius 1 is 1.12 bits per heavy atom. The highest BCUT2D eigenvalue weighted by Gasteiger charge is 2.23. The molecule has 1 heterocycles. The highest BCUT2D eigenvalue weighted by molar-refractivity contribution is 5.85. The van der Waals surface area contributed by atoms with Gasteiger partial charge in [0.2, 0.25) is 0 Å². The van der Waals surface area contributed by atoms with E-state index in [1.165, 1.54) is 5.56 Å². The van der Waals surface area contributed by atoms with E-state index in [2.05, 4.69) is 44.7 Å². The zero-order valence-electron chi connectivity index (χ0n) is 16.4. The maximum Gasteiger partial charge on any atom is 0.119 e. The summed E-state index contributed by atoms with van der Waals surface area (Å²) in [7, 11) is 0. The number of hydrogen-bond donors (Lipinski definition) is 1. The van der Waals surface area contributed by atoms with Crippen LogP contribution >= 0.6 is 12.4 Å². The van der Waals surface area contributed by atoms with Crippen molar-refractivity contribution in [3.63, 3.8) is 0 Å². The fraction of sp³-hybridized carbons (Fsp3) is 0.700. The van der Waals surface area contributed by atoms with Crippen molar-refractivity contribution in [3.05, 3.63) is 29.8 Å². The van der Waals surface area contributed by atoms with Crippen LogP contribution in [0.2, 0.25) is 0 Å². The lowest BCUT2D eigenvalue weighted by Gasteiger charge is -2.36. The number of benzene rings is 1. The van der Waals surface area contributed by atoms with E-state index < -0.39 is 6.10 Å². The van der Waals surface area contributed by atoms with Gasteiger partial charge < -0.3 is 19.3 Å². The fourth-order valence-corrected chi connectivity index (χ4v) is 3.17. The van der Waals surface area contributed by atoms with Gasteiger partial charge in [-0.2, -0.15) is 0 Å². The lowest BCUT2D eigenvalue weighted by atomic mass is 10.0. The molecule has 1 aliphatic rings. The van der Waals surface area contributed by atoms with Crippen molar-refractivity contribution in [2.24, 2.45) is 0 Å². The number of rotatable bonds is 9. The van der Waals surface area contributed by atoms with Crippen molar-refractivity contribution >= 4 is 12.4 Å². The van der Waals surface area contributed by atoms with Gasteiger partial charge in [0.1, 0.15) is 12.4 Å². The molecule has 0 spiro atoms. The number of nitrogens with zero attached hydrogens (tertiary/aromatic N) is 1. The van der Waals surface area contributed by atoms with E-state index in [0.717, 1.165) is 18.8 Å². The molecule has 1 fully saturated rings. The van der Waals surface area contributed by atoms with Crippen LogP contribution in [0.3, 0.4) is 0 Å². The lowest BCUT2D eigenvalue weighted by molar-refractivity contribution is -0.0824. The Morgan fingerprint density at radius 2 is 1.73 bits per heavy atom. The number of ether oxygens (including phenoxy) is 3. The van der Waals surface area contributed by atoms with E-state index in [1.807, 2.05) is 12.1 Å². The third kappa shape index (κ3) is 8.23. The first kappa shape index (κ1) is 23.2. The first-order valence-electron chi connectivity index (χ1n) is 9.30. The Labute approximate surface area is 164 Å². The molecule has 26 heavy (non-hydrogen) atoms. The van der Waals surface area contributed by atoms with E-state index in [0.29, 0.717) is 32.3 Å². The smallest absolute Gasteiger partial charge is 0.119 e. The molecule has 3 atom stereocenters. The minimum atomic E-state index is -0.483. The normalized spacial score (nSPS) is 22.1. The molecule has 150 valence electrons. The Bertz CT molecular complexity index is 487. The number of β-amino-alcohol motifs (C(OH)–C–C–N with tert-alkyl or cyclic N) is 1. The van der Waals surface area contributed by atoms with Gasteiger partial charge in [0.15, 0.2) is 0 Å². The summed E-state index contributed by atoms with van der Waals surface area (Å²) in [6.07, 6.45) is -0.0532. The molecule has 0 amide bonds. The fourth-order valence-electron chi connectivity index (χ4n) is 3.17. The predicted molar refractivity (Wildman–Crippen MR) is 107 cm³/mol. The van der Waals surface area contributed by atoms with Crippen LogP contribution in [0.1, 0.15) is 39.2 Å². The van der Waals surface area contributed by atoms with Crippen molar-refractivity contribution in [3.8, 4) is 5.75 Å². The molecule has 1 aliphatic heterocycles. The second kappa shape index (κ2) is 11.8. The van der Waals surface area contributed by atoms with Crippen LogP contribution in [-0.4, -0.2) is 67.8 Å². The average Bonchev–Trinajstić information content (AvgIpc) is 2.54. The Morgan fingerprint density at radius 3 is 2.31 bits per heavy atom. The van der Waals surface area contributed by atoms with Gasteiger partial charge in [-0.25, -0.2) is 0 Å². The summed E-state index contributed by atoms with van der Waals surface area (Å²) in [5, 5.41) is 10.1. The van der Waals surface area contributed by atoms with Crippen LogP contribution in [0, 0.1) is 0 Å². The van der Waals surface area contributed by atoms with E-state index >= 15 is 0 Å². The summed E-state index contributed by atoms with van der Waals surface area (Å²) in [6, 6.07) is 8.17. The van der Waals surface area contributed by atoms with Crippen molar-refractivity contribution in [1.82, 2.24) is 4.90 Å². The maximum absolute atomic E-state index is 10.1. The first-order chi connectivity index (χ1) is 11.9.